The zero-order valence-electron chi connectivity index (χ0n) is 17.6. The first kappa shape index (κ1) is 22.6. The number of rotatable bonds is 6. The van der Waals surface area contributed by atoms with Gasteiger partial charge in [0.2, 0.25) is 5.88 Å². The highest BCUT2D eigenvalue weighted by molar-refractivity contribution is 5.99. The third-order valence-electron chi connectivity index (χ3n) is 4.22. The van der Waals surface area contributed by atoms with Gasteiger partial charge in [-0.2, -0.15) is 10.1 Å². The lowest BCUT2D eigenvalue weighted by molar-refractivity contribution is -0.274. The normalized spacial score (nSPS) is 11.1. The molecule has 0 fully saturated rings. The van der Waals surface area contributed by atoms with Crippen LogP contribution < -0.4 is 20.1 Å². The van der Waals surface area contributed by atoms with Crippen LogP contribution in [0, 0.1) is 6.92 Å². The van der Waals surface area contributed by atoms with Crippen LogP contribution in [-0.4, -0.2) is 32.1 Å². The number of ether oxygens (including phenoxy) is 2. The molecule has 0 radical (unpaired) electrons. The van der Waals surface area contributed by atoms with Crippen LogP contribution in [-0.2, 0) is 0 Å². The second kappa shape index (κ2) is 9.48. The molecule has 4 aromatic rings. The average molecular weight is 470 g/mol. The van der Waals surface area contributed by atoms with E-state index in [0.717, 1.165) is 12.1 Å². The van der Waals surface area contributed by atoms with E-state index in [0.29, 0.717) is 34.6 Å². The predicted octanol–water partition coefficient (Wildman–Crippen LogP) is 5.31. The molecule has 2 N–H and O–H groups in total. The molecule has 0 saturated heterocycles. The van der Waals surface area contributed by atoms with Gasteiger partial charge in [0.1, 0.15) is 17.3 Å². The summed E-state index contributed by atoms with van der Waals surface area (Å²) in [4.78, 5) is 20.7. The third-order valence-corrected chi connectivity index (χ3v) is 4.22. The molecule has 12 heteroatoms. The standard InChI is InChI=1S/C22H17F3N6O3/c1-14-27-19(31-12-2-11-26-31)13-20(28-14)33-17-7-3-15(4-8-17)29-21(32)30-16-5-9-18(10-6-16)34-22(23,24)25/h2-13H,1H3,(H2,29,30,32). The second-order valence-corrected chi connectivity index (χ2v) is 6.84. The number of urea groups is 1. The van der Waals surface area contributed by atoms with E-state index in [4.69, 9.17) is 4.74 Å². The molecule has 0 aliphatic rings. The molecule has 0 saturated carbocycles. The maximum atomic E-state index is 12.2. The monoisotopic (exact) mass is 470 g/mol. The molecular formula is C22H17F3N6O3. The van der Waals surface area contributed by atoms with Crippen LogP contribution in [0.3, 0.4) is 0 Å². The van der Waals surface area contributed by atoms with Crippen LogP contribution in [0.5, 0.6) is 17.4 Å². The average Bonchev–Trinajstić information content (AvgIpc) is 3.30. The summed E-state index contributed by atoms with van der Waals surface area (Å²) in [6, 6.07) is 14.2. The van der Waals surface area contributed by atoms with Crippen molar-refractivity contribution < 1.29 is 27.4 Å². The van der Waals surface area contributed by atoms with Gasteiger partial charge in [0.15, 0.2) is 5.82 Å². The number of aromatic nitrogens is 4. The number of carbonyl (C=O) groups excluding carboxylic acids is 1. The van der Waals surface area contributed by atoms with Crippen LogP contribution in [0.4, 0.5) is 29.3 Å². The minimum Gasteiger partial charge on any atom is -0.439 e. The summed E-state index contributed by atoms with van der Waals surface area (Å²) in [5, 5.41) is 9.27. The fourth-order valence-electron chi connectivity index (χ4n) is 2.86. The summed E-state index contributed by atoms with van der Waals surface area (Å²) < 4.78 is 47.8. The lowest BCUT2D eigenvalue weighted by atomic mass is 10.3. The lowest BCUT2D eigenvalue weighted by Gasteiger charge is -2.11. The van der Waals surface area contributed by atoms with E-state index in [1.807, 2.05) is 0 Å². The number of nitrogens with zero attached hydrogens (tertiary/aromatic N) is 4. The Labute approximate surface area is 191 Å². The molecule has 9 nitrogen and oxygen atoms in total. The minimum absolute atomic E-state index is 0.291. The molecule has 0 unspecified atom stereocenters. The first-order chi connectivity index (χ1) is 16.2. The number of carbonyl (C=O) groups is 1. The summed E-state index contributed by atoms with van der Waals surface area (Å²) in [5.74, 6) is 1.49. The van der Waals surface area contributed by atoms with Crippen molar-refractivity contribution >= 4 is 17.4 Å². The Morgan fingerprint density at radius 3 is 2.12 bits per heavy atom. The summed E-state index contributed by atoms with van der Waals surface area (Å²) in [6.07, 6.45) is -1.39. The molecule has 0 aliphatic heterocycles. The van der Waals surface area contributed by atoms with Gasteiger partial charge in [0.25, 0.3) is 0 Å². The maximum Gasteiger partial charge on any atom is 0.573 e. The lowest BCUT2D eigenvalue weighted by Crippen LogP contribution is -2.19. The molecule has 174 valence electrons. The third kappa shape index (κ3) is 6.22. The zero-order valence-corrected chi connectivity index (χ0v) is 17.6. The van der Waals surface area contributed by atoms with Crippen molar-refractivity contribution in [1.82, 2.24) is 19.7 Å². The molecule has 4 rings (SSSR count). The fourth-order valence-corrected chi connectivity index (χ4v) is 2.86. The van der Waals surface area contributed by atoms with Crippen LogP contribution in [0.1, 0.15) is 5.82 Å². The predicted molar refractivity (Wildman–Crippen MR) is 116 cm³/mol. The summed E-state index contributed by atoms with van der Waals surface area (Å²) in [7, 11) is 0. The van der Waals surface area contributed by atoms with Gasteiger partial charge >= 0.3 is 12.4 Å². The number of aryl methyl sites for hydroxylation is 1. The Morgan fingerprint density at radius 1 is 0.941 bits per heavy atom. The van der Waals surface area contributed by atoms with Gasteiger partial charge in [-0.15, -0.1) is 13.2 Å². The molecule has 2 aromatic heterocycles. The first-order valence-corrected chi connectivity index (χ1v) is 9.81. The zero-order chi connectivity index (χ0) is 24.1. The molecule has 0 aliphatic carbocycles. The number of anilines is 2. The van der Waals surface area contributed by atoms with Gasteiger partial charge in [0, 0.05) is 29.8 Å². The summed E-state index contributed by atoms with van der Waals surface area (Å²) >= 11 is 0. The van der Waals surface area contributed by atoms with E-state index in [1.54, 1.807) is 60.4 Å². The quantitative estimate of drug-likeness (QED) is 0.396. The highest BCUT2D eigenvalue weighted by atomic mass is 19.4. The van der Waals surface area contributed by atoms with Crippen molar-refractivity contribution in [1.29, 1.82) is 0 Å². The van der Waals surface area contributed by atoms with Gasteiger partial charge in [-0.1, -0.05) is 0 Å². The van der Waals surface area contributed by atoms with Crippen molar-refractivity contribution in [3.63, 3.8) is 0 Å². The molecular weight excluding hydrogens is 453 g/mol. The van der Waals surface area contributed by atoms with Crippen LogP contribution in [0.15, 0.2) is 73.1 Å². The maximum absolute atomic E-state index is 12.2. The Hall–Kier alpha value is -4.61. The second-order valence-electron chi connectivity index (χ2n) is 6.84. The van der Waals surface area contributed by atoms with Gasteiger partial charge in [-0.25, -0.2) is 14.5 Å². The van der Waals surface area contributed by atoms with Gasteiger partial charge in [-0.05, 0) is 61.5 Å². The molecule has 0 atom stereocenters. The van der Waals surface area contributed by atoms with Gasteiger partial charge in [-0.3, -0.25) is 0 Å². The van der Waals surface area contributed by atoms with E-state index in [1.165, 1.54) is 12.1 Å². The van der Waals surface area contributed by atoms with E-state index in [9.17, 15) is 18.0 Å². The largest absolute Gasteiger partial charge is 0.573 e. The number of hydrogen-bond donors (Lipinski definition) is 2. The number of amides is 2. The van der Waals surface area contributed by atoms with Crippen LogP contribution >= 0.6 is 0 Å². The van der Waals surface area contributed by atoms with Crippen molar-refractivity contribution in [2.75, 3.05) is 10.6 Å². The molecule has 2 heterocycles. The SMILES string of the molecule is Cc1nc(Oc2ccc(NC(=O)Nc3ccc(OC(F)(F)F)cc3)cc2)cc(-n2cccn2)n1. The van der Waals surface area contributed by atoms with Gasteiger partial charge < -0.3 is 20.1 Å². The molecule has 0 bridgehead atoms. The molecule has 34 heavy (non-hydrogen) atoms. The Kier molecular flexibility index (Phi) is 6.30. The highest BCUT2D eigenvalue weighted by Gasteiger charge is 2.30. The minimum atomic E-state index is -4.78. The Bertz CT molecular complexity index is 1260. The van der Waals surface area contributed by atoms with E-state index >= 15 is 0 Å². The van der Waals surface area contributed by atoms with Crippen LogP contribution in [0.25, 0.3) is 5.82 Å². The van der Waals surface area contributed by atoms with E-state index in [-0.39, 0.29) is 5.75 Å². The number of nitrogens with one attached hydrogen (secondary N) is 2. The molecule has 0 spiro atoms. The molecule has 2 aromatic carbocycles. The summed E-state index contributed by atoms with van der Waals surface area (Å²) in [5.41, 5.74) is 0.761. The number of alkyl halides is 3. The van der Waals surface area contributed by atoms with E-state index in [2.05, 4.69) is 30.4 Å². The number of benzene rings is 2. The smallest absolute Gasteiger partial charge is 0.439 e. The van der Waals surface area contributed by atoms with Gasteiger partial charge in [0.05, 0.1) is 0 Å². The highest BCUT2D eigenvalue weighted by Crippen LogP contribution is 2.25. The van der Waals surface area contributed by atoms with Crippen molar-refractivity contribution in [3.8, 4) is 23.2 Å². The summed E-state index contributed by atoms with van der Waals surface area (Å²) in [6.45, 7) is 1.74. The fraction of sp³-hybridized carbons (Fsp3) is 0.0909. The van der Waals surface area contributed by atoms with Crippen molar-refractivity contribution in [2.24, 2.45) is 0 Å². The van der Waals surface area contributed by atoms with Crippen molar-refractivity contribution in [3.05, 3.63) is 78.9 Å². The number of halogens is 3. The molecule has 2 amide bonds. The number of hydrogen-bond acceptors (Lipinski definition) is 6. The van der Waals surface area contributed by atoms with Crippen LogP contribution in [0.2, 0.25) is 0 Å². The first-order valence-electron chi connectivity index (χ1n) is 9.81. The van der Waals surface area contributed by atoms with E-state index < -0.39 is 12.4 Å². The Balaban J connectivity index is 1.34. The Morgan fingerprint density at radius 2 is 1.56 bits per heavy atom. The van der Waals surface area contributed by atoms with Crippen molar-refractivity contribution in [2.45, 2.75) is 13.3 Å². The topological polar surface area (TPSA) is 103 Å².